The van der Waals surface area contributed by atoms with Crippen LogP contribution in [0.25, 0.3) is 11.4 Å². The number of H-pyrrole nitrogens is 1. The molecule has 0 spiro atoms. The highest BCUT2D eigenvalue weighted by Gasteiger charge is 2.10. The van der Waals surface area contributed by atoms with E-state index in [1.54, 1.807) is 6.07 Å². The van der Waals surface area contributed by atoms with Crippen molar-refractivity contribution in [2.24, 2.45) is 0 Å². The van der Waals surface area contributed by atoms with Crippen LogP contribution in [0.5, 0.6) is 0 Å². The van der Waals surface area contributed by atoms with Gasteiger partial charge in [-0.3, -0.25) is 9.89 Å². The van der Waals surface area contributed by atoms with E-state index in [1.807, 2.05) is 24.3 Å². The van der Waals surface area contributed by atoms with E-state index in [0.29, 0.717) is 18.1 Å². The van der Waals surface area contributed by atoms with Gasteiger partial charge in [-0.05, 0) is 18.1 Å². The highest BCUT2D eigenvalue weighted by molar-refractivity contribution is 5.92. The summed E-state index contributed by atoms with van der Waals surface area (Å²) in [6.07, 6.45) is 3.19. The monoisotopic (exact) mass is 311 g/mol. The quantitative estimate of drug-likeness (QED) is 0.728. The summed E-state index contributed by atoms with van der Waals surface area (Å²) in [5, 5.41) is 13.5. The number of benzene rings is 1. The maximum absolute atomic E-state index is 12.1. The minimum Gasteiger partial charge on any atom is -0.347 e. The van der Waals surface area contributed by atoms with Crippen LogP contribution in [-0.4, -0.2) is 26.2 Å². The largest absolute Gasteiger partial charge is 0.347 e. The first kappa shape index (κ1) is 15.0. The second-order valence-electron chi connectivity index (χ2n) is 5.16. The van der Waals surface area contributed by atoms with Gasteiger partial charge in [0, 0.05) is 17.8 Å². The van der Waals surface area contributed by atoms with Crippen molar-refractivity contribution in [1.82, 2.24) is 25.7 Å². The molecular formula is C16H17N5O2. The van der Waals surface area contributed by atoms with Gasteiger partial charge < -0.3 is 9.84 Å². The molecule has 1 amide bonds. The molecule has 3 rings (SSSR count). The maximum Gasteiger partial charge on any atom is 0.272 e. The number of nitrogens with zero attached hydrogens (tertiary/aromatic N) is 3. The molecule has 2 N–H and O–H groups in total. The topological polar surface area (TPSA) is 96.7 Å². The minimum absolute atomic E-state index is 0.189. The highest BCUT2D eigenvalue weighted by Crippen LogP contribution is 2.15. The van der Waals surface area contributed by atoms with Gasteiger partial charge in [-0.15, -0.1) is 0 Å². The van der Waals surface area contributed by atoms with Gasteiger partial charge in [0.25, 0.3) is 5.91 Å². The van der Waals surface area contributed by atoms with Crippen molar-refractivity contribution in [2.45, 2.75) is 26.3 Å². The molecule has 0 aliphatic heterocycles. The zero-order valence-corrected chi connectivity index (χ0v) is 12.7. The van der Waals surface area contributed by atoms with Crippen LogP contribution in [0.15, 0.2) is 41.2 Å². The first-order valence-corrected chi connectivity index (χ1v) is 7.44. The number of aromatic nitrogens is 4. The Morgan fingerprint density at radius 3 is 2.83 bits per heavy atom. The summed E-state index contributed by atoms with van der Waals surface area (Å²) in [6, 6.07) is 9.40. The lowest BCUT2D eigenvalue weighted by Gasteiger charge is -2.04. The third-order valence-electron chi connectivity index (χ3n) is 3.41. The van der Waals surface area contributed by atoms with Crippen molar-refractivity contribution in [3.8, 4) is 11.4 Å². The Morgan fingerprint density at radius 1 is 1.30 bits per heavy atom. The smallest absolute Gasteiger partial charge is 0.272 e. The first-order chi connectivity index (χ1) is 11.3. The fraction of sp³-hybridized carbons (Fsp3) is 0.250. The summed E-state index contributed by atoms with van der Waals surface area (Å²) >= 11 is 0. The van der Waals surface area contributed by atoms with Gasteiger partial charge in [0.2, 0.25) is 12.2 Å². The number of carbonyl (C=O) groups is 1. The average Bonchev–Trinajstić information content (AvgIpc) is 3.25. The standard InChI is InChI=1S/C16H17N5O2/c1-2-3-13-8-14(20-19-13)16(22)17-9-11-4-6-12(7-5-11)15-18-10-23-21-15/h4-8,10H,2-3,9H2,1H3,(H,17,22)(H,19,20). The Hall–Kier alpha value is -2.96. The summed E-state index contributed by atoms with van der Waals surface area (Å²) < 4.78 is 4.72. The van der Waals surface area contributed by atoms with Crippen molar-refractivity contribution in [3.05, 3.63) is 53.7 Å². The molecule has 23 heavy (non-hydrogen) atoms. The molecule has 0 aliphatic rings. The molecule has 7 nitrogen and oxygen atoms in total. The molecular weight excluding hydrogens is 294 g/mol. The number of amides is 1. The molecule has 0 unspecified atom stereocenters. The fourth-order valence-electron chi connectivity index (χ4n) is 2.22. The molecule has 0 bridgehead atoms. The number of aryl methyl sites for hydroxylation is 1. The number of carbonyl (C=O) groups excluding carboxylic acids is 1. The van der Waals surface area contributed by atoms with Crippen LogP contribution in [0.1, 0.15) is 35.1 Å². The zero-order valence-electron chi connectivity index (χ0n) is 12.7. The molecule has 0 atom stereocenters. The molecule has 2 heterocycles. The number of nitrogens with one attached hydrogen (secondary N) is 2. The van der Waals surface area contributed by atoms with E-state index >= 15 is 0 Å². The van der Waals surface area contributed by atoms with Crippen molar-refractivity contribution in [3.63, 3.8) is 0 Å². The van der Waals surface area contributed by atoms with Crippen molar-refractivity contribution in [2.75, 3.05) is 0 Å². The van der Waals surface area contributed by atoms with E-state index in [2.05, 4.69) is 32.6 Å². The lowest BCUT2D eigenvalue weighted by Crippen LogP contribution is -2.23. The molecule has 1 aromatic carbocycles. The summed E-state index contributed by atoms with van der Waals surface area (Å²) in [4.78, 5) is 16.1. The Balaban J connectivity index is 1.58. The Morgan fingerprint density at radius 2 is 2.13 bits per heavy atom. The van der Waals surface area contributed by atoms with Crippen LogP contribution in [0.2, 0.25) is 0 Å². The summed E-state index contributed by atoms with van der Waals surface area (Å²) in [6.45, 7) is 2.51. The molecule has 0 aliphatic carbocycles. The van der Waals surface area contributed by atoms with Crippen LogP contribution >= 0.6 is 0 Å². The summed E-state index contributed by atoms with van der Waals surface area (Å²) in [5.74, 6) is 0.353. The molecule has 3 aromatic rings. The first-order valence-electron chi connectivity index (χ1n) is 7.44. The van der Waals surface area contributed by atoms with Crippen molar-refractivity contribution in [1.29, 1.82) is 0 Å². The normalized spacial score (nSPS) is 10.7. The van der Waals surface area contributed by atoms with Gasteiger partial charge in [-0.2, -0.15) is 10.1 Å². The zero-order chi connectivity index (χ0) is 16.1. The van der Waals surface area contributed by atoms with Gasteiger partial charge >= 0.3 is 0 Å². The number of aromatic amines is 1. The van der Waals surface area contributed by atoms with Gasteiger partial charge in [-0.1, -0.05) is 42.8 Å². The van der Waals surface area contributed by atoms with E-state index in [4.69, 9.17) is 4.52 Å². The number of rotatable bonds is 6. The molecule has 0 fully saturated rings. The third-order valence-corrected chi connectivity index (χ3v) is 3.41. The molecule has 7 heteroatoms. The van der Waals surface area contributed by atoms with Crippen LogP contribution in [0.3, 0.4) is 0 Å². The van der Waals surface area contributed by atoms with Crippen LogP contribution < -0.4 is 5.32 Å². The molecule has 0 saturated heterocycles. The SMILES string of the molecule is CCCc1cc(C(=O)NCc2ccc(-c3ncon3)cc2)n[nH]1. The molecule has 118 valence electrons. The van der Waals surface area contributed by atoms with Crippen molar-refractivity contribution < 1.29 is 9.32 Å². The van der Waals surface area contributed by atoms with Gasteiger partial charge in [0.15, 0.2) is 0 Å². The van der Waals surface area contributed by atoms with E-state index < -0.39 is 0 Å². The van der Waals surface area contributed by atoms with Crippen LogP contribution in [0, 0.1) is 0 Å². The maximum atomic E-state index is 12.1. The second-order valence-corrected chi connectivity index (χ2v) is 5.16. The summed E-state index contributed by atoms with van der Waals surface area (Å²) in [5.41, 5.74) is 3.24. The fourth-order valence-corrected chi connectivity index (χ4v) is 2.22. The van der Waals surface area contributed by atoms with Crippen LogP contribution in [-0.2, 0) is 13.0 Å². The number of hydrogen-bond acceptors (Lipinski definition) is 5. The average molecular weight is 311 g/mol. The van der Waals surface area contributed by atoms with E-state index in [1.165, 1.54) is 6.39 Å². The van der Waals surface area contributed by atoms with E-state index in [9.17, 15) is 4.79 Å². The van der Waals surface area contributed by atoms with Gasteiger partial charge in [-0.25, -0.2) is 0 Å². The van der Waals surface area contributed by atoms with E-state index in [-0.39, 0.29) is 5.91 Å². The Labute approximate surface area is 133 Å². The minimum atomic E-state index is -0.189. The highest BCUT2D eigenvalue weighted by atomic mass is 16.5. The molecule has 0 radical (unpaired) electrons. The second kappa shape index (κ2) is 6.87. The van der Waals surface area contributed by atoms with Gasteiger partial charge in [0.1, 0.15) is 5.69 Å². The van der Waals surface area contributed by atoms with E-state index in [0.717, 1.165) is 29.7 Å². The summed E-state index contributed by atoms with van der Waals surface area (Å²) in [7, 11) is 0. The molecule has 2 aromatic heterocycles. The Bertz CT molecular complexity index is 762. The lowest BCUT2D eigenvalue weighted by atomic mass is 10.1. The lowest BCUT2D eigenvalue weighted by molar-refractivity contribution is 0.0946. The predicted octanol–water partition coefficient (Wildman–Crippen LogP) is 2.34. The van der Waals surface area contributed by atoms with Gasteiger partial charge in [0.05, 0.1) is 0 Å². The predicted molar refractivity (Wildman–Crippen MR) is 83.5 cm³/mol. The third kappa shape index (κ3) is 3.63. The molecule has 0 saturated carbocycles. The van der Waals surface area contributed by atoms with Crippen LogP contribution in [0.4, 0.5) is 0 Å². The number of hydrogen-bond donors (Lipinski definition) is 2. The van der Waals surface area contributed by atoms with Crippen molar-refractivity contribution >= 4 is 5.91 Å². The Kier molecular flexibility index (Phi) is 4.46.